The molecule has 0 heterocycles. The predicted molar refractivity (Wildman–Crippen MR) is 53.3 cm³/mol. The lowest BCUT2D eigenvalue weighted by molar-refractivity contribution is -0.0393. The molecule has 1 aliphatic carbocycles. The molecule has 13 heavy (non-hydrogen) atoms. The number of aliphatic hydroxyl groups is 1. The van der Waals surface area contributed by atoms with Gasteiger partial charge in [0.25, 0.3) is 0 Å². The van der Waals surface area contributed by atoms with Gasteiger partial charge in [0, 0.05) is 5.41 Å². The first-order chi connectivity index (χ1) is 6.25. The maximum Gasteiger partial charge on any atom is 0.103 e. The summed E-state index contributed by atoms with van der Waals surface area (Å²) in [5, 5.41) is 9.42. The van der Waals surface area contributed by atoms with Gasteiger partial charge < -0.3 is 9.84 Å². The lowest BCUT2D eigenvalue weighted by Gasteiger charge is -2.39. The zero-order valence-electron chi connectivity index (χ0n) is 8.46. The molecule has 1 atom stereocenters. The Labute approximate surface area is 80.6 Å². The number of ether oxygens (including phenoxy) is 1. The molecule has 1 N–H and O–H groups in total. The normalized spacial score (nSPS) is 23.5. The molecule has 0 amide bonds. The largest absolute Gasteiger partial charge is 0.498 e. The molecule has 2 heteroatoms. The van der Waals surface area contributed by atoms with E-state index in [-0.39, 0.29) is 18.1 Å². The summed E-state index contributed by atoms with van der Waals surface area (Å²) in [5.74, 6) is 0. The van der Waals surface area contributed by atoms with Gasteiger partial charge in [0.2, 0.25) is 0 Å². The van der Waals surface area contributed by atoms with Crippen molar-refractivity contribution in [2.24, 2.45) is 5.41 Å². The Hall–Kier alpha value is -0.500. The van der Waals surface area contributed by atoms with E-state index in [9.17, 15) is 5.11 Å². The van der Waals surface area contributed by atoms with Gasteiger partial charge in [-0.3, -0.25) is 0 Å². The molecule has 0 bridgehead atoms. The van der Waals surface area contributed by atoms with Crippen LogP contribution in [0.25, 0.3) is 0 Å². The molecular weight excluding hydrogens is 164 g/mol. The zero-order chi connectivity index (χ0) is 9.73. The third kappa shape index (κ3) is 2.25. The molecule has 0 radical (unpaired) electrons. The summed E-state index contributed by atoms with van der Waals surface area (Å²) < 4.78 is 5.38. The maximum absolute atomic E-state index is 9.42. The van der Waals surface area contributed by atoms with Gasteiger partial charge in [-0.25, -0.2) is 0 Å². The Balaban J connectivity index is 2.60. The molecule has 0 spiro atoms. The minimum absolute atomic E-state index is 0.00750. The Kier molecular flexibility index (Phi) is 3.79. The highest BCUT2D eigenvalue weighted by Crippen LogP contribution is 2.40. The third-order valence-corrected chi connectivity index (χ3v) is 3.33. The van der Waals surface area contributed by atoms with Gasteiger partial charge in [-0.1, -0.05) is 25.8 Å². The fourth-order valence-electron chi connectivity index (χ4n) is 2.24. The lowest BCUT2D eigenvalue weighted by Crippen LogP contribution is -2.39. The van der Waals surface area contributed by atoms with E-state index < -0.39 is 0 Å². The van der Waals surface area contributed by atoms with Crippen molar-refractivity contribution < 1.29 is 9.84 Å². The monoisotopic (exact) mass is 184 g/mol. The van der Waals surface area contributed by atoms with Gasteiger partial charge >= 0.3 is 0 Å². The topological polar surface area (TPSA) is 29.5 Å². The minimum Gasteiger partial charge on any atom is -0.498 e. The minimum atomic E-state index is -0.00750. The second kappa shape index (κ2) is 4.66. The van der Waals surface area contributed by atoms with E-state index in [2.05, 4.69) is 6.58 Å². The molecule has 76 valence electrons. The van der Waals surface area contributed by atoms with Crippen molar-refractivity contribution in [3.8, 4) is 0 Å². The van der Waals surface area contributed by atoms with Gasteiger partial charge in [0.05, 0.1) is 12.9 Å². The maximum atomic E-state index is 9.42. The van der Waals surface area contributed by atoms with Crippen LogP contribution in [-0.2, 0) is 4.74 Å². The highest BCUT2D eigenvalue weighted by molar-refractivity contribution is 4.88. The Morgan fingerprint density at radius 3 is 2.54 bits per heavy atom. The van der Waals surface area contributed by atoms with Gasteiger partial charge in [-0.05, 0) is 19.8 Å². The first-order valence-electron chi connectivity index (χ1n) is 5.12. The van der Waals surface area contributed by atoms with Crippen LogP contribution in [-0.4, -0.2) is 17.8 Å². The van der Waals surface area contributed by atoms with Crippen molar-refractivity contribution in [2.75, 3.05) is 6.61 Å². The number of hydrogen-bond donors (Lipinski definition) is 1. The summed E-state index contributed by atoms with van der Waals surface area (Å²) in [6.45, 7) is 5.83. The molecule has 1 rings (SSSR count). The smallest absolute Gasteiger partial charge is 0.103 e. The van der Waals surface area contributed by atoms with Crippen LogP contribution in [0.3, 0.4) is 0 Å². The number of rotatable bonds is 4. The summed E-state index contributed by atoms with van der Waals surface area (Å²) in [6.07, 6.45) is 7.46. The zero-order valence-corrected chi connectivity index (χ0v) is 8.46. The van der Waals surface area contributed by atoms with Gasteiger partial charge in [-0.2, -0.15) is 0 Å². The molecule has 0 aromatic carbocycles. The second-order valence-corrected chi connectivity index (χ2v) is 4.03. The molecule has 0 aliphatic heterocycles. The first kappa shape index (κ1) is 10.6. The molecule has 2 nitrogen and oxygen atoms in total. The van der Waals surface area contributed by atoms with Crippen LogP contribution < -0.4 is 0 Å². The fourth-order valence-corrected chi connectivity index (χ4v) is 2.24. The van der Waals surface area contributed by atoms with Crippen LogP contribution in [0, 0.1) is 5.41 Å². The van der Waals surface area contributed by atoms with E-state index >= 15 is 0 Å². The SMILES string of the molecule is C=COC(C)C1(CO)CCCCC1. The Bertz CT molecular complexity index is 159. The van der Waals surface area contributed by atoms with E-state index in [0.717, 1.165) is 12.8 Å². The summed E-state index contributed by atoms with van der Waals surface area (Å²) in [4.78, 5) is 0. The summed E-state index contributed by atoms with van der Waals surface area (Å²) in [6, 6.07) is 0. The van der Waals surface area contributed by atoms with Crippen molar-refractivity contribution in [1.29, 1.82) is 0 Å². The van der Waals surface area contributed by atoms with Gasteiger partial charge in [0.15, 0.2) is 0 Å². The fraction of sp³-hybridized carbons (Fsp3) is 0.818. The van der Waals surface area contributed by atoms with Crippen LogP contribution in [0.4, 0.5) is 0 Å². The molecule has 0 aromatic heterocycles. The van der Waals surface area contributed by atoms with E-state index in [1.807, 2.05) is 6.92 Å². The highest BCUT2D eigenvalue weighted by atomic mass is 16.5. The van der Waals surface area contributed by atoms with E-state index in [1.54, 1.807) is 0 Å². The summed E-state index contributed by atoms with van der Waals surface area (Å²) >= 11 is 0. The highest BCUT2D eigenvalue weighted by Gasteiger charge is 2.37. The van der Waals surface area contributed by atoms with Crippen LogP contribution in [0.2, 0.25) is 0 Å². The predicted octanol–water partition coefficient (Wildman–Crippen LogP) is 2.48. The lowest BCUT2D eigenvalue weighted by atomic mass is 9.71. The van der Waals surface area contributed by atoms with Gasteiger partial charge in [-0.15, -0.1) is 0 Å². The average Bonchev–Trinajstić information content (AvgIpc) is 2.19. The van der Waals surface area contributed by atoms with Crippen molar-refractivity contribution >= 4 is 0 Å². The molecule has 1 aliphatic rings. The molecule has 1 fully saturated rings. The van der Waals surface area contributed by atoms with Crippen molar-refractivity contribution in [3.05, 3.63) is 12.8 Å². The quantitative estimate of drug-likeness (QED) is 0.680. The Morgan fingerprint density at radius 1 is 1.46 bits per heavy atom. The van der Waals surface area contributed by atoms with Crippen LogP contribution >= 0.6 is 0 Å². The van der Waals surface area contributed by atoms with E-state index in [4.69, 9.17) is 4.74 Å². The molecule has 0 saturated heterocycles. The van der Waals surface area contributed by atoms with E-state index in [0.29, 0.717) is 0 Å². The van der Waals surface area contributed by atoms with E-state index in [1.165, 1.54) is 25.5 Å². The first-order valence-corrected chi connectivity index (χ1v) is 5.12. The summed E-state index contributed by atoms with van der Waals surface area (Å²) in [7, 11) is 0. The van der Waals surface area contributed by atoms with Gasteiger partial charge in [0.1, 0.15) is 6.10 Å². The van der Waals surface area contributed by atoms with Crippen molar-refractivity contribution in [3.63, 3.8) is 0 Å². The van der Waals surface area contributed by atoms with Crippen LogP contribution in [0.5, 0.6) is 0 Å². The van der Waals surface area contributed by atoms with Crippen molar-refractivity contribution in [1.82, 2.24) is 0 Å². The van der Waals surface area contributed by atoms with Crippen LogP contribution in [0.1, 0.15) is 39.0 Å². The third-order valence-electron chi connectivity index (χ3n) is 3.33. The van der Waals surface area contributed by atoms with Crippen LogP contribution in [0.15, 0.2) is 12.8 Å². The second-order valence-electron chi connectivity index (χ2n) is 4.03. The average molecular weight is 184 g/mol. The molecule has 1 unspecified atom stereocenters. The van der Waals surface area contributed by atoms with Crippen molar-refractivity contribution in [2.45, 2.75) is 45.1 Å². The molecule has 0 aromatic rings. The Morgan fingerprint density at radius 2 is 2.08 bits per heavy atom. The number of hydrogen-bond acceptors (Lipinski definition) is 2. The summed E-state index contributed by atoms with van der Waals surface area (Å²) in [5.41, 5.74) is -0.00750. The standard InChI is InChI=1S/C11H20O2/c1-3-13-10(2)11(9-12)7-5-4-6-8-11/h3,10,12H,1,4-9H2,2H3. The molecule has 1 saturated carbocycles. The number of aliphatic hydroxyl groups excluding tert-OH is 1. The molecular formula is C11H20O2.